The van der Waals surface area contributed by atoms with Crippen molar-refractivity contribution in [2.45, 2.75) is 6.92 Å². The molecule has 0 spiro atoms. The van der Waals surface area contributed by atoms with Crippen LogP contribution >= 0.6 is 0 Å². The summed E-state index contributed by atoms with van der Waals surface area (Å²) in [6, 6.07) is 0. The van der Waals surface area contributed by atoms with Crippen LogP contribution < -0.4 is 11.5 Å². The SMILES string of the molecule is CC(=O)O.NCCN.[Cr]. The predicted molar refractivity (Wildman–Crippen MR) is 31.4 cm³/mol. The third-order valence-electron chi connectivity index (χ3n) is 0.167. The molecule has 0 bridgehead atoms. The summed E-state index contributed by atoms with van der Waals surface area (Å²) in [5.74, 6) is -0.833. The molecular formula is C4H12CrN2O2. The third kappa shape index (κ3) is 327. The quantitative estimate of drug-likeness (QED) is 0.473. The van der Waals surface area contributed by atoms with Crippen molar-refractivity contribution in [3.63, 3.8) is 0 Å². The van der Waals surface area contributed by atoms with Gasteiger partial charge in [-0.05, 0) is 0 Å². The van der Waals surface area contributed by atoms with Crippen molar-refractivity contribution in [3.05, 3.63) is 0 Å². The first-order chi connectivity index (χ1) is 3.65. The van der Waals surface area contributed by atoms with Gasteiger partial charge < -0.3 is 16.6 Å². The maximum atomic E-state index is 9.00. The Morgan fingerprint density at radius 1 is 1.44 bits per heavy atom. The van der Waals surface area contributed by atoms with Crippen LogP contribution in [0.2, 0.25) is 0 Å². The van der Waals surface area contributed by atoms with Gasteiger partial charge in [0.25, 0.3) is 5.97 Å². The molecule has 0 atom stereocenters. The van der Waals surface area contributed by atoms with Gasteiger partial charge in [-0.25, -0.2) is 0 Å². The molecule has 0 aliphatic carbocycles. The normalized spacial score (nSPS) is 6.11. The van der Waals surface area contributed by atoms with Crippen LogP contribution in [-0.2, 0) is 22.2 Å². The molecule has 0 unspecified atom stereocenters. The van der Waals surface area contributed by atoms with Gasteiger partial charge in [-0.2, -0.15) is 0 Å². The second-order valence-corrected chi connectivity index (χ2v) is 1.10. The Kier molecular flexibility index (Phi) is 27.8. The number of nitrogens with two attached hydrogens (primary N) is 2. The number of carbonyl (C=O) groups is 1. The van der Waals surface area contributed by atoms with E-state index in [1.165, 1.54) is 0 Å². The molecule has 5 heteroatoms. The summed E-state index contributed by atoms with van der Waals surface area (Å²) in [4.78, 5) is 9.00. The Hall–Kier alpha value is -0.0775. The van der Waals surface area contributed by atoms with Crippen molar-refractivity contribution >= 4 is 5.97 Å². The van der Waals surface area contributed by atoms with Crippen molar-refractivity contribution in [1.29, 1.82) is 0 Å². The van der Waals surface area contributed by atoms with Crippen LogP contribution in [0, 0.1) is 0 Å². The second kappa shape index (κ2) is 15.7. The molecule has 0 aromatic carbocycles. The van der Waals surface area contributed by atoms with Crippen LogP contribution in [0.1, 0.15) is 6.92 Å². The zero-order valence-electron chi connectivity index (χ0n) is 5.33. The van der Waals surface area contributed by atoms with Crippen LogP contribution in [0.4, 0.5) is 0 Å². The Balaban J connectivity index is -0.0000000720. The van der Waals surface area contributed by atoms with E-state index in [9.17, 15) is 0 Å². The number of hydrogen-bond acceptors (Lipinski definition) is 3. The topological polar surface area (TPSA) is 89.3 Å². The van der Waals surface area contributed by atoms with Crippen molar-refractivity contribution in [2.75, 3.05) is 13.1 Å². The van der Waals surface area contributed by atoms with Gasteiger partial charge in [0.15, 0.2) is 0 Å². The average Bonchev–Trinajstić information content (AvgIpc) is 1.65. The molecule has 0 saturated carbocycles. The zero-order chi connectivity index (χ0) is 6.99. The minimum Gasteiger partial charge on any atom is -0.481 e. The van der Waals surface area contributed by atoms with Gasteiger partial charge in [0.05, 0.1) is 0 Å². The van der Waals surface area contributed by atoms with Gasteiger partial charge in [0.2, 0.25) is 0 Å². The standard InChI is InChI=1S/C2H8N2.C2H4O2.Cr/c3-1-2-4;1-2(3)4;/h1-4H2;1H3,(H,3,4);. The number of carboxylic acid groups (broad SMARTS) is 1. The van der Waals surface area contributed by atoms with Gasteiger partial charge in [0.1, 0.15) is 0 Å². The summed E-state index contributed by atoms with van der Waals surface area (Å²) in [5.41, 5.74) is 9.81. The van der Waals surface area contributed by atoms with Gasteiger partial charge in [0, 0.05) is 37.4 Å². The van der Waals surface area contributed by atoms with E-state index in [4.69, 9.17) is 21.4 Å². The molecule has 0 aromatic heterocycles. The van der Waals surface area contributed by atoms with E-state index in [0.717, 1.165) is 6.92 Å². The Morgan fingerprint density at radius 3 is 1.56 bits per heavy atom. The first-order valence-corrected chi connectivity index (χ1v) is 2.24. The summed E-state index contributed by atoms with van der Waals surface area (Å²) in [6.07, 6.45) is 0. The van der Waals surface area contributed by atoms with E-state index in [1.807, 2.05) is 0 Å². The minimum absolute atomic E-state index is 0. The van der Waals surface area contributed by atoms with Crippen molar-refractivity contribution < 1.29 is 27.3 Å². The van der Waals surface area contributed by atoms with E-state index >= 15 is 0 Å². The maximum absolute atomic E-state index is 9.00. The molecule has 0 aliphatic rings. The molecule has 0 fully saturated rings. The largest absolute Gasteiger partial charge is 0.481 e. The summed E-state index contributed by atoms with van der Waals surface area (Å²) < 4.78 is 0. The van der Waals surface area contributed by atoms with Crippen molar-refractivity contribution in [2.24, 2.45) is 11.5 Å². The van der Waals surface area contributed by atoms with E-state index < -0.39 is 5.97 Å². The van der Waals surface area contributed by atoms with Crippen LogP contribution in [-0.4, -0.2) is 24.2 Å². The minimum atomic E-state index is -0.833. The number of hydrogen-bond donors (Lipinski definition) is 3. The first kappa shape index (κ1) is 16.0. The van der Waals surface area contributed by atoms with E-state index in [-0.39, 0.29) is 17.4 Å². The molecular weight excluding hydrogens is 160 g/mol. The molecule has 0 aliphatic heterocycles. The van der Waals surface area contributed by atoms with E-state index in [1.54, 1.807) is 0 Å². The van der Waals surface area contributed by atoms with Gasteiger partial charge in [-0.1, -0.05) is 0 Å². The van der Waals surface area contributed by atoms with Crippen LogP contribution in [0.15, 0.2) is 0 Å². The fourth-order valence-corrected chi connectivity index (χ4v) is 0. The number of carboxylic acids is 1. The Bertz CT molecular complexity index is 54.5. The third-order valence-corrected chi connectivity index (χ3v) is 0.167. The fourth-order valence-electron chi connectivity index (χ4n) is 0. The monoisotopic (exact) mass is 172 g/mol. The smallest absolute Gasteiger partial charge is 0.300 e. The Morgan fingerprint density at radius 2 is 1.56 bits per heavy atom. The van der Waals surface area contributed by atoms with Gasteiger partial charge in [-0.3, -0.25) is 4.79 Å². The molecule has 0 rings (SSSR count). The zero-order valence-corrected chi connectivity index (χ0v) is 6.61. The Labute approximate surface area is 65.3 Å². The molecule has 0 saturated heterocycles. The molecule has 4 nitrogen and oxygen atoms in total. The van der Waals surface area contributed by atoms with Crippen LogP contribution in [0.3, 0.4) is 0 Å². The van der Waals surface area contributed by atoms with Gasteiger partial charge in [-0.15, -0.1) is 0 Å². The van der Waals surface area contributed by atoms with Gasteiger partial charge >= 0.3 is 0 Å². The molecule has 0 aromatic rings. The van der Waals surface area contributed by atoms with E-state index in [2.05, 4.69) is 0 Å². The summed E-state index contributed by atoms with van der Waals surface area (Å²) in [5, 5.41) is 7.42. The van der Waals surface area contributed by atoms with Crippen LogP contribution in [0.25, 0.3) is 0 Å². The molecule has 5 N–H and O–H groups in total. The van der Waals surface area contributed by atoms with Crippen molar-refractivity contribution in [3.8, 4) is 0 Å². The number of rotatable bonds is 1. The van der Waals surface area contributed by atoms with Crippen LogP contribution in [0.5, 0.6) is 0 Å². The second-order valence-electron chi connectivity index (χ2n) is 1.10. The van der Waals surface area contributed by atoms with E-state index in [0.29, 0.717) is 13.1 Å². The predicted octanol–water partition coefficient (Wildman–Crippen LogP) is -1.01. The molecule has 0 radical (unpaired) electrons. The molecule has 9 heavy (non-hydrogen) atoms. The molecule has 0 amide bonds. The summed E-state index contributed by atoms with van der Waals surface area (Å²) in [7, 11) is 0. The fraction of sp³-hybridized carbons (Fsp3) is 0.750. The molecule has 56 valence electrons. The summed E-state index contributed by atoms with van der Waals surface area (Å²) >= 11 is 0. The molecule has 0 heterocycles. The first-order valence-electron chi connectivity index (χ1n) is 2.24. The maximum Gasteiger partial charge on any atom is 0.300 e. The number of aliphatic carboxylic acids is 1. The summed E-state index contributed by atoms with van der Waals surface area (Å²) in [6.45, 7) is 2.28. The van der Waals surface area contributed by atoms with Crippen molar-refractivity contribution in [1.82, 2.24) is 0 Å². The average molecular weight is 172 g/mol.